The number of hydrogen-bond acceptors (Lipinski definition) is 4. The van der Waals surface area contributed by atoms with Crippen molar-refractivity contribution in [2.45, 2.75) is 30.1 Å². The van der Waals surface area contributed by atoms with Crippen molar-refractivity contribution in [1.29, 1.82) is 0 Å². The molecule has 120 valence electrons. The third-order valence-corrected chi connectivity index (χ3v) is 5.13. The average molecular weight is 327 g/mol. The molecule has 0 saturated heterocycles. The molecule has 1 unspecified atom stereocenters. The average Bonchev–Trinajstić information content (AvgIpc) is 2.59. The Balaban J connectivity index is 1.75. The Morgan fingerprint density at radius 3 is 2.83 bits per heavy atom. The van der Waals surface area contributed by atoms with Crippen molar-refractivity contribution in [2.75, 3.05) is 13.2 Å². The summed E-state index contributed by atoms with van der Waals surface area (Å²) in [6.45, 7) is 6.67. The van der Waals surface area contributed by atoms with Crippen molar-refractivity contribution in [1.82, 2.24) is 4.98 Å². The monoisotopic (exact) mass is 327 g/mol. The number of allylic oxidation sites excluding steroid dienone is 1. The van der Waals surface area contributed by atoms with E-state index in [4.69, 9.17) is 4.18 Å². The maximum atomic E-state index is 10.1. The Kier molecular flexibility index (Phi) is 4.85. The number of pyridine rings is 1. The van der Waals surface area contributed by atoms with E-state index < -0.39 is 5.41 Å². The highest BCUT2D eigenvalue weighted by Gasteiger charge is 2.38. The first-order valence-corrected chi connectivity index (χ1v) is 8.49. The molecule has 1 aliphatic carbocycles. The predicted molar refractivity (Wildman–Crippen MR) is 94.3 cm³/mol. The smallest absolute Gasteiger partial charge is 0.0738 e. The number of aliphatic hydroxyl groups is 1. The number of aryl methyl sites for hydroxylation is 1. The number of benzene rings is 1. The fraction of sp³-hybridized carbons (Fsp3) is 0.316. The highest BCUT2D eigenvalue weighted by molar-refractivity contribution is 7.94. The number of rotatable bonds is 5. The molecule has 2 aromatic rings. The number of fused-ring (bicyclic) bond motifs is 1. The molecule has 0 radical (unpaired) electrons. The summed E-state index contributed by atoms with van der Waals surface area (Å²) in [5.41, 5.74) is 3.82. The van der Waals surface area contributed by atoms with Crippen molar-refractivity contribution >= 4 is 17.6 Å². The van der Waals surface area contributed by atoms with Crippen LogP contribution in [0.15, 0.2) is 54.1 Å². The quantitative estimate of drug-likeness (QED) is 0.838. The van der Waals surface area contributed by atoms with Crippen LogP contribution in [0.25, 0.3) is 5.57 Å². The standard InChI is InChI=1S/C19H21NO2S/c1-14-5-7-16(8-6-14)23-22-13-19(12-21)10-9-15(2)18-17(19)4-3-11-20-18/h3-8,11,21H,2,9-10,12-13H2,1H3. The maximum Gasteiger partial charge on any atom is 0.0738 e. The Hall–Kier alpha value is -1.62. The first-order valence-electron chi connectivity index (χ1n) is 7.75. The first kappa shape index (κ1) is 16.2. The molecule has 0 bridgehead atoms. The second-order valence-electron chi connectivity index (χ2n) is 6.10. The number of nitrogens with zero attached hydrogens (tertiary/aromatic N) is 1. The van der Waals surface area contributed by atoms with Crippen molar-refractivity contribution in [3.8, 4) is 0 Å². The van der Waals surface area contributed by atoms with Crippen molar-refractivity contribution < 1.29 is 9.29 Å². The molecule has 1 aromatic heterocycles. The molecule has 0 aliphatic heterocycles. The van der Waals surface area contributed by atoms with Gasteiger partial charge >= 0.3 is 0 Å². The van der Waals surface area contributed by atoms with Crippen molar-refractivity contribution in [2.24, 2.45) is 0 Å². The zero-order valence-electron chi connectivity index (χ0n) is 13.3. The lowest BCUT2D eigenvalue weighted by molar-refractivity contribution is 0.130. The second kappa shape index (κ2) is 6.87. The van der Waals surface area contributed by atoms with Crippen LogP contribution in [0, 0.1) is 6.92 Å². The summed E-state index contributed by atoms with van der Waals surface area (Å²) < 4.78 is 5.88. The van der Waals surface area contributed by atoms with E-state index in [1.54, 1.807) is 6.20 Å². The second-order valence-corrected chi connectivity index (χ2v) is 6.97. The molecule has 4 heteroatoms. The maximum absolute atomic E-state index is 10.1. The van der Waals surface area contributed by atoms with E-state index in [9.17, 15) is 5.11 Å². The van der Waals surface area contributed by atoms with Crippen LogP contribution in [0.2, 0.25) is 0 Å². The lowest BCUT2D eigenvalue weighted by atomic mass is 9.71. The van der Waals surface area contributed by atoms with E-state index in [2.05, 4.69) is 30.6 Å². The molecule has 1 atom stereocenters. The molecule has 3 rings (SSSR count). The van der Waals surface area contributed by atoms with Gasteiger partial charge in [0.15, 0.2) is 0 Å². The summed E-state index contributed by atoms with van der Waals surface area (Å²) in [6.07, 6.45) is 3.44. The molecule has 0 fully saturated rings. The predicted octanol–water partition coefficient (Wildman–Crippen LogP) is 4.15. The van der Waals surface area contributed by atoms with Gasteiger partial charge < -0.3 is 9.29 Å². The van der Waals surface area contributed by atoms with Gasteiger partial charge in [-0.3, -0.25) is 4.98 Å². The van der Waals surface area contributed by atoms with Gasteiger partial charge in [-0.05, 0) is 49.1 Å². The molecule has 1 aromatic carbocycles. The Morgan fingerprint density at radius 1 is 1.30 bits per heavy atom. The van der Waals surface area contributed by atoms with E-state index in [0.717, 1.165) is 34.6 Å². The van der Waals surface area contributed by atoms with Gasteiger partial charge in [-0.15, -0.1) is 0 Å². The molecule has 3 nitrogen and oxygen atoms in total. The third-order valence-electron chi connectivity index (χ3n) is 4.43. The summed E-state index contributed by atoms with van der Waals surface area (Å²) in [4.78, 5) is 5.51. The summed E-state index contributed by atoms with van der Waals surface area (Å²) in [5, 5.41) is 10.1. The van der Waals surface area contributed by atoms with E-state index in [1.807, 2.05) is 24.3 Å². The lowest BCUT2D eigenvalue weighted by Crippen LogP contribution is -2.38. The number of aromatic nitrogens is 1. The zero-order chi connectivity index (χ0) is 16.3. The van der Waals surface area contributed by atoms with Crippen LogP contribution in [0.5, 0.6) is 0 Å². The van der Waals surface area contributed by atoms with E-state index >= 15 is 0 Å². The molecule has 0 spiro atoms. The summed E-state index contributed by atoms with van der Waals surface area (Å²) in [6, 6.07) is 12.2. The Labute approximate surface area is 141 Å². The van der Waals surface area contributed by atoms with Crippen LogP contribution in [0.1, 0.15) is 29.7 Å². The fourth-order valence-electron chi connectivity index (χ4n) is 2.92. The minimum absolute atomic E-state index is 0.0490. The van der Waals surface area contributed by atoms with Gasteiger partial charge in [0, 0.05) is 28.6 Å². The van der Waals surface area contributed by atoms with Crippen LogP contribution in [0.4, 0.5) is 0 Å². The first-order chi connectivity index (χ1) is 11.1. The van der Waals surface area contributed by atoms with Crippen LogP contribution >= 0.6 is 12.0 Å². The molecule has 0 saturated carbocycles. The van der Waals surface area contributed by atoms with Gasteiger partial charge in [-0.2, -0.15) is 0 Å². The molecule has 1 aliphatic rings. The van der Waals surface area contributed by atoms with Crippen LogP contribution in [-0.4, -0.2) is 23.3 Å². The summed E-state index contributed by atoms with van der Waals surface area (Å²) >= 11 is 1.36. The van der Waals surface area contributed by atoms with E-state index in [0.29, 0.717) is 6.61 Å². The molecule has 1 N–H and O–H groups in total. The molecule has 0 amide bonds. The van der Waals surface area contributed by atoms with Crippen LogP contribution in [0.3, 0.4) is 0 Å². The SMILES string of the molecule is C=C1CCC(CO)(COSc2ccc(C)cc2)c2cccnc21. The zero-order valence-corrected chi connectivity index (χ0v) is 14.1. The summed E-state index contributed by atoms with van der Waals surface area (Å²) in [7, 11) is 0. The lowest BCUT2D eigenvalue weighted by Gasteiger charge is -2.37. The van der Waals surface area contributed by atoms with Gasteiger partial charge in [-0.25, -0.2) is 0 Å². The summed E-state index contributed by atoms with van der Waals surface area (Å²) in [5.74, 6) is 0. The largest absolute Gasteiger partial charge is 0.395 e. The Morgan fingerprint density at radius 2 is 2.09 bits per heavy atom. The number of hydrogen-bond donors (Lipinski definition) is 1. The van der Waals surface area contributed by atoms with Gasteiger partial charge in [0.25, 0.3) is 0 Å². The van der Waals surface area contributed by atoms with Crippen LogP contribution in [-0.2, 0) is 9.60 Å². The molecule has 23 heavy (non-hydrogen) atoms. The van der Waals surface area contributed by atoms with Gasteiger partial charge in [-0.1, -0.05) is 30.3 Å². The van der Waals surface area contributed by atoms with Gasteiger partial charge in [0.05, 0.1) is 18.9 Å². The van der Waals surface area contributed by atoms with Crippen molar-refractivity contribution in [3.05, 3.63) is 66.0 Å². The van der Waals surface area contributed by atoms with E-state index in [1.165, 1.54) is 17.6 Å². The van der Waals surface area contributed by atoms with E-state index in [-0.39, 0.29) is 6.61 Å². The Bertz CT molecular complexity index is 699. The number of aliphatic hydroxyl groups excluding tert-OH is 1. The highest BCUT2D eigenvalue weighted by atomic mass is 32.2. The minimum Gasteiger partial charge on any atom is -0.395 e. The normalized spacial score (nSPS) is 20.3. The van der Waals surface area contributed by atoms with Gasteiger partial charge in [0.1, 0.15) is 0 Å². The van der Waals surface area contributed by atoms with Gasteiger partial charge in [0.2, 0.25) is 0 Å². The van der Waals surface area contributed by atoms with Crippen LogP contribution < -0.4 is 0 Å². The molecular formula is C19H21NO2S. The molecule has 1 heterocycles. The fourth-order valence-corrected chi connectivity index (χ4v) is 3.59. The topological polar surface area (TPSA) is 42.4 Å². The van der Waals surface area contributed by atoms with Crippen molar-refractivity contribution in [3.63, 3.8) is 0 Å². The highest BCUT2D eigenvalue weighted by Crippen LogP contribution is 2.41. The molecular weight excluding hydrogens is 306 g/mol. The minimum atomic E-state index is -0.400. The third kappa shape index (κ3) is 3.34.